The summed E-state index contributed by atoms with van der Waals surface area (Å²) < 4.78 is 40.3. The lowest BCUT2D eigenvalue weighted by Gasteiger charge is -2.34. The molecule has 2 aromatic carbocycles. The number of aryl methyl sites for hydroxylation is 1. The van der Waals surface area contributed by atoms with E-state index in [0.717, 1.165) is 17.3 Å². The second kappa shape index (κ2) is 9.22. The fraction of sp³-hybridized carbons (Fsp3) is 0.273. The highest BCUT2D eigenvalue weighted by Gasteiger charge is 2.38. The van der Waals surface area contributed by atoms with Crippen molar-refractivity contribution in [1.29, 1.82) is 0 Å². The number of para-hydroxylation sites is 2. The zero-order valence-electron chi connectivity index (χ0n) is 16.8. The summed E-state index contributed by atoms with van der Waals surface area (Å²) in [6.07, 6.45) is 6.33. The molecule has 8 nitrogen and oxygen atoms in total. The van der Waals surface area contributed by atoms with Crippen molar-refractivity contribution in [3.8, 4) is 5.75 Å². The Kier molecular flexibility index (Phi) is 6.22. The number of imidazole rings is 1. The maximum Gasteiger partial charge on any atom is 0.445 e. The van der Waals surface area contributed by atoms with Gasteiger partial charge in [0.15, 0.2) is 0 Å². The van der Waals surface area contributed by atoms with Crippen LogP contribution in [-0.2, 0) is 27.9 Å². The fourth-order valence-corrected chi connectivity index (χ4v) is 4.60. The third kappa shape index (κ3) is 4.88. The van der Waals surface area contributed by atoms with E-state index in [1.54, 1.807) is 61.1 Å². The van der Waals surface area contributed by atoms with Crippen LogP contribution in [0.1, 0.15) is 18.4 Å². The fourth-order valence-electron chi connectivity index (χ4n) is 3.44. The number of fused-ring (bicyclic) bond motifs is 1. The largest absolute Gasteiger partial charge is 0.486 e. The Morgan fingerprint density at radius 3 is 2.68 bits per heavy atom. The summed E-state index contributed by atoms with van der Waals surface area (Å²) >= 11 is 0. The summed E-state index contributed by atoms with van der Waals surface area (Å²) in [6.45, 7) is 0.677. The number of carbonyl (C=O) groups excluding carboxylic acids is 1. The minimum absolute atomic E-state index is 0.0453. The van der Waals surface area contributed by atoms with Gasteiger partial charge >= 0.3 is 15.3 Å². The van der Waals surface area contributed by atoms with Gasteiger partial charge in [0.1, 0.15) is 18.5 Å². The van der Waals surface area contributed by atoms with Crippen LogP contribution < -0.4 is 9.04 Å². The molecule has 0 unspecified atom stereocenters. The molecule has 162 valence electrons. The van der Waals surface area contributed by atoms with E-state index < -0.39 is 15.3 Å². The predicted molar refractivity (Wildman–Crippen MR) is 115 cm³/mol. The highest BCUT2D eigenvalue weighted by atomic mass is 32.2. The number of anilines is 1. The summed E-state index contributed by atoms with van der Waals surface area (Å²) in [7, 11) is -4.37. The molecule has 0 amide bonds. The van der Waals surface area contributed by atoms with Gasteiger partial charge in [-0.25, -0.2) is 9.78 Å². The molecule has 0 bridgehead atoms. The van der Waals surface area contributed by atoms with Crippen LogP contribution in [0.5, 0.6) is 5.75 Å². The number of carbonyl (C=O) groups is 1. The van der Waals surface area contributed by atoms with Gasteiger partial charge in [0.2, 0.25) is 0 Å². The van der Waals surface area contributed by atoms with Crippen LogP contribution >= 0.6 is 0 Å². The summed E-state index contributed by atoms with van der Waals surface area (Å²) in [4.78, 5) is 16.5. The van der Waals surface area contributed by atoms with Crippen molar-refractivity contribution in [2.45, 2.75) is 32.1 Å². The molecule has 31 heavy (non-hydrogen) atoms. The van der Waals surface area contributed by atoms with E-state index in [1.165, 1.54) is 0 Å². The Morgan fingerprint density at radius 2 is 1.90 bits per heavy atom. The number of nitrogens with zero attached hydrogens (tertiary/aromatic N) is 3. The molecule has 0 saturated carbocycles. The quantitative estimate of drug-likeness (QED) is 0.521. The monoisotopic (exact) mass is 441 g/mol. The van der Waals surface area contributed by atoms with Crippen LogP contribution in [0.25, 0.3) is 0 Å². The van der Waals surface area contributed by atoms with Gasteiger partial charge in [-0.3, -0.25) is 4.31 Å². The second-order valence-corrected chi connectivity index (χ2v) is 8.93. The van der Waals surface area contributed by atoms with E-state index in [2.05, 4.69) is 4.98 Å². The lowest BCUT2D eigenvalue weighted by molar-refractivity contribution is 0.164. The van der Waals surface area contributed by atoms with Gasteiger partial charge in [0.05, 0.1) is 18.6 Å². The van der Waals surface area contributed by atoms with E-state index in [1.807, 2.05) is 16.8 Å². The number of rotatable bonds is 7. The van der Waals surface area contributed by atoms with Gasteiger partial charge < -0.3 is 14.0 Å². The lowest BCUT2D eigenvalue weighted by Crippen LogP contribution is -2.46. The topological polar surface area (TPSA) is 90.7 Å². The number of hydrogen-bond donors (Lipinski definition) is 0. The van der Waals surface area contributed by atoms with Crippen molar-refractivity contribution >= 4 is 21.0 Å². The molecule has 0 saturated heterocycles. The molecule has 0 N–H and O–H groups in total. The Labute approximate surface area is 181 Å². The third-order valence-electron chi connectivity index (χ3n) is 5.00. The Balaban J connectivity index is 1.47. The molecule has 0 fully saturated rings. The van der Waals surface area contributed by atoms with Gasteiger partial charge in [-0.15, -0.1) is 0 Å². The first-order chi connectivity index (χ1) is 15.0. The molecule has 1 atom stereocenters. The van der Waals surface area contributed by atoms with Crippen molar-refractivity contribution in [2.24, 2.45) is 0 Å². The molecule has 0 radical (unpaired) electrons. The zero-order chi connectivity index (χ0) is 21.7. The summed E-state index contributed by atoms with van der Waals surface area (Å²) in [5.41, 5.74) is 1.05. The van der Waals surface area contributed by atoms with E-state index in [4.69, 9.17) is 9.47 Å². The van der Waals surface area contributed by atoms with E-state index in [0.29, 0.717) is 23.4 Å². The average Bonchev–Trinajstić information content (AvgIpc) is 3.31. The van der Waals surface area contributed by atoms with Crippen LogP contribution in [0.15, 0.2) is 73.3 Å². The Morgan fingerprint density at radius 1 is 1.13 bits per heavy atom. The first-order valence-corrected chi connectivity index (χ1v) is 11.4. The van der Waals surface area contributed by atoms with E-state index >= 15 is 0 Å². The second-order valence-electron chi connectivity index (χ2n) is 7.21. The molecule has 0 aliphatic carbocycles. The first-order valence-electron chi connectivity index (χ1n) is 9.99. The Hall–Kier alpha value is -3.33. The lowest BCUT2D eigenvalue weighted by atomic mass is 10.1. The SMILES string of the molecule is O=C(OCc1ccccc1)S(=O)(=O)N1C[C@H](CCCn2ccnc2)Oc2ccccc21. The molecule has 0 spiro atoms. The van der Waals surface area contributed by atoms with Crippen LogP contribution in [0.2, 0.25) is 0 Å². The number of sulfonamides is 1. The van der Waals surface area contributed by atoms with Crippen molar-refractivity contribution in [1.82, 2.24) is 9.55 Å². The minimum atomic E-state index is -4.37. The standard InChI is InChI=1S/C22H23N3O5S/c26-22(29-16-18-7-2-1-3-8-18)31(27,28)25-15-19(9-6-13-24-14-12-23-17-24)30-21-11-5-4-10-20(21)25/h1-5,7-8,10-12,14,17,19H,6,9,13,15-16H2/t19-/m0/s1. The highest BCUT2D eigenvalue weighted by molar-refractivity contribution is 8.06. The maximum atomic E-state index is 13.1. The van der Waals surface area contributed by atoms with Gasteiger partial charge in [0.25, 0.3) is 0 Å². The normalized spacial score (nSPS) is 15.7. The number of benzene rings is 2. The molecular weight excluding hydrogens is 418 g/mol. The van der Waals surface area contributed by atoms with Crippen LogP contribution in [0, 0.1) is 0 Å². The van der Waals surface area contributed by atoms with Crippen molar-refractivity contribution in [2.75, 3.05) is 10.8 Å². The summed E-state index contributed by atoms with van der Waals surface area (Å²) in [5, 5.41) is -1.27. The molecule has 2 heterocycles. The molecular formula is C22H23N3O5S. The predicted octanol–water partition coefficient (Wildman–Crippen LogP) is 3.60. The minimum Gasteiger partial charge on any atom is -0.486 e. The van der Waals surface area contributed by atoms with Gasteiger partial charge in [0, 0.05) is 18.9 Å². The summed E-state index contributed by atoms with van der Waals surface area (Å²) in [5.74, 6) is 0.431. The maximum absolute atomic E-state index is 13.1. The van der Waals surface area contributed by atoms with Crippen LogP contribution in [0.3, 0.4) is 0 Å². The van der Waals surface area contributed by atoms with Crippen molar-refractivity contribution < 1.29 is 22.7 Å². The highest BCUT2D eigenvalue weighted by Crippen LogP contribution is 2.36. The van der Waals surface area contributed by atoms with E-state index in [9.17, 15) is 13.2 Å². The molecule has 9 heteroatoms. The Bertz CT molecular complexity index is 1120. The van der Waals surface area contributed by atoms with Gasteiger partial charge in [-0.2, -0.15) is 8.42 Å². The molecule has 1 aliphatic heterocycles. The molecule has 1 aliphatic rings. The van der Waals surface area contributed by atoms with E-state index in [-0.39, 0.29) is 19.3 Å². The van der Waals surface area contributed by atoms with Crippen molar-refractivity contribution in [3.05, 3.63) is 78.9 Å². The first kappa shape index (κ1) is 20.9. The third-order valence-corrected chi connectivity index (χ3v) is 6.46. The number of aromatic nitrogens is 2. The van der Waals surface area contributed by atoms with Crippen LogP contribution in [0.4, 0.5) is 10.5 Å². The molecule has 3 aromatic rings. The molecule has 1 aromatic heterocycles. The van der Waals surface area contributed by atoms with Gasteiger partial charge in [-0.1, -0.05) is 42.5 Å². The van der Waals surface area contributed by atoms with Crippen LogP contribution in [-0.4, -0.2) is 35.9 Å². The van der Waals surface area contributed by atoms with Crippen molar-refractivity contribution in [3.63, 3.8) is 0 Å². The average molecular weight is 442 g/mol. The number of hydrogen-bond acceptors (Lipinski definition) is 6. The van der Waals surface area contributed by atoms with Gasteiger partial charge in [-0.05, 0) is 30.5 Å². The smallest absolute Gasteiger partial charge is 0.445 e. The zero-order valence-corrected chi connectivity index (χ0v) is 17.6. The summed E-state index contributed by atoms with van der Waals surface area (Å²) in [6, 6.07) is 15.8. The number of ether oxygens (including phenoxy) is 2. The molecule has 4 rings (SSSR count).